The minimum Gasteiger partial charge on any atom is -0.341 e. The van der Waals surface area contributed by atoms with Crippen LogP contribution in [0.5, 0.6) is 0 Å². The zero-order valence-corrected chi connectivity index (χ0v) is 16.4. The van der Waals surface area contributed by atoms with E-state index in [0.29, 0.717) is 30.3 Å². The number of carbonyl (C=O) groups is 1. The molecule has 7 heteroatoms. The molecule has 0 radical (unpaired) electrons. The van der Waals surface area contributed by atoms with Crippen LogP contribution in [0, 0.1) is 5.92 Å². The molecule has 2 aromatic heterocycles. The van der Waals surface area contributed by atoms with Crippen LogP contribution in [0.4, 0.5) is 5.95 Å². The second-order valence-corrected chi connectivity index (χ2v) is 7.35. The molecule has 0 spiro atoms. The van der Waals surface area contributed by atoms with Crippen molar-refractivity contribution >= 4 is 11.7 Å². The zero-order valence-electron chi connectivity index (χ0n) is 16.4. The minimum absolute atomic E-state index is 0.0661. The molecule has 148 valence electrons. The third kappa shape index (κ3) is 4.23. The van der Waals surface area contributed by atoms with Crippen molar-refractivity contribution in [3.63, 3.8) is 0 Å². The monoisotopic (exact) mass is 389 g/mol. The van der Waals surface area contributed by atoms with E-state index < -0.39 is 0 Å². The van der Waals surface area contributed by atoms with Crippen molar-refractivity contribution in [3.05, 3.63) is 70.9 Å². The summed E-state index contributed by atoms with van der Waals surface area (Å²) in [5.74, 6) is 0.741. The molecule has 1 aliphatic heterocycles. The van der Waals surface area contributed by atoms with E-state index in [9.17, 15) is 9.59 Å². The SMILES string of the molecule is Cn1c(N2CCCC(C(=O)Cc3ccccc3)C2)nc(-c2ccncn2)cc1=O. The molecule has 1 saturated heterocycles. The Morgan fingerprint density at radius 3 is 2.76 bits per heavy atom. The molecule has 1 aliphatic rings. The number of nitrogens with zero attached hydrogens (tertiary/aromatic N) is 5. The predicted molar refractivity (Wildman–Crippen MR) is 111 cm³/mol. The molecule has 3 heterocycles. The molecule has 1 atom stereocenters. The van der Waals surface area contributed by atoms with Crippen molar-refractivity contribution in [2.24, 2.45) is 13.0 Å². The first-order valence-electron chi connectivity index (χ1n) is 9.78. The Kier molecular flexibility index (Phi) is 5.46. The minimum atomic E-state index is -0.152. The average molecular weight is 389 g/mol. The molecular formula is C22H23N5O2. The van der Waals surface area contributed by atoms with Gasteiger partial charge in [-0.15, -0.1) is 0 Å². The van der Waals surface area contributed by atoms with Gasteiger partial charge >= 0.3 is 0 Å². The molecule has 7 nitrogen and oxygen atoms in total. The summed E-state index contributed by atoms with van der Waals surface area (Å²) in [5.41, 5.74) is 2.00. The molecule has 0 bridgehead atoms. The molecule has 1 fully saturated rings. The van der Waals surface area contributed by atoms with Gasteiger partial charge in [-0.3, -0.25) is 14.2 Å². The van der Waals surface area contributed by atoms with Crippen molar-refractivity contribution < 1.29 is 4.79 Å². The first-order valence-corrected chi connectivity index (χ1v) is 9.78. The molecule has 4 rings (SSSR count). The number of ketones is 1. The third-order valence-electron chi connectivity index (χ3n) is 5.34. The fourth-order valence-electron chi connectivity index (χ4n) is 3.75. The summed E-state index contributed by atoms with van der Waals surface area (Å²) in [6.07, 6.45) is 5.25. The highest BCUT2D eigenvalue weighted by Gasteiger charge is 2.28. The van der Waals surface area contributed by atoms with Crippen LogP contribution >= 0.6 is 0 Å². The number of carbonyl (C=O) groups excluding carboxylic acids is 1. The number of Topliss-reactive ketones (excluding diaryl/α,β-unsaturated/α-hetero) is 1. The van der Waals surface area contributed by atoms with E-state index in [1.54, 1.807) is 19.3 Å². The Labute approximate surface area is 169 Å². The number of hydrogen-bond acceptors (Lipinski definition) is 6. The average Bonchev–Trinajstić information content (AvgIpc) is 2.77. The Morgan fingerprint density at radius 2 is 2.00 bits per heavy atom. The Bertz CT molecular complexity index is 1050. The first kappa shape index (κ1) is 19.0. The number of rotatable bonds is 5. The maximum Gasteiger partial charge on any atom is 0.255 e. The van der Waals surface area contributed by atoms with Gasteiger partial charge in [-0.05, 0) is 24.5 Å². The van der Waals surface area contributed by atoms with Crippen LogP contribution in [0.2, 0.25) is 0 Å². The Hall–Kier alpha value is -3.35. The van der Waals surface area contributed by atoms with Crippen molar-refractivity contribution in [1.82, 2.24) is 19.5 Å². The fourth-order valence-corrected chi connectivity index (χ4v) is 3.75. The molecule has 0 N–H and O–H groups in total. The van der Waals surface area contributed by atoms with Crippen molar-refractivity contribution in [3.8, 4) is 11.4 Å². The second kappa shape index (κ2) is 8.34. The molecule has 0 amide bonds. The maximum atomic E-state index is 12.9. The van der Waals surface area contributed by atoms with Gasteiger partial charge in [0, 0.05) is 44.7 Å². The van der Waals surface area contributed by atoms with Crippen molar-refractivity contribution in [1.29, 1.82) is 0 Å². The number of piperidine rings is 1. The quantitative estimate of drug-likeness (QED) is 0.666. The van der Waals surface area contributed by atoms with Crippen LogP contribution < -0.4 is 10.5 Å². The normalized spacial score (nSPS) is 16.6. The van der Waals surface area contributed by atoms with Crippen LogP contribution in [0.3, 0.4) is 0 Å². The Balaban J connectivity index is 1.57. The molecule has 3 aromatic rings. The van der Waals surface area contributed by atoms with E-state index >= 15 is 0 Å². The van der Waals surface area contributed by atoms with E-state index in [1.807, 2.05) is 35.2 Å². The summed E-state index contributed by atoms with van der Waals surface area (Å²) in [6.45, 7) is 1.34. The third-order valence-corrected chi connectivity index (χ3v) is 5.34. The van der Waals surface area contributed by atoms with Gasteiger partial charge in [0.2, 0.25) is 5.95 Å². The predicted octanol–water partition coefficient (Wildman–Crippen LogP) is 2.27. The number of benzene rings is 1. The van der Waals surface area contributed by atoms with Gasteiger partial charge in [0.1, 0.15) is 12.1 Å². The van der Waals surface area contributed by atoms with Gasteiger partial charge in [0.25, 0.3) is 5.56 Å². The standard InChI is InChI=1S/C22H23N5O2/c1-26-21(29)13-19(18-9-10-23-15-24-18)25-22(26)27-11-5-8-17(14-27)20(28)12-16-6-3-2-4-7-16/h2-4,6-7,9-10,13,15,17H,5,8,11-12,14H2,1H3. The molecule has 1 unspecified atom stereocenters. The van der Waals surface area contributed by atoms with Gasteiger partial charge in [-0.2, -0.15) is 0 Å². The molecule has 1 aromatic carbocycles. The van der Waals surface area contributed by atoms with Crippen LogP contribution in [0.15, 0.2) is 59.8 Å². The van der Waals surface area contributed by atoms with Crippen molar-refractivity contribution in [2.75, 3.05) is 18.0 Å². The summed E-state index contributed by atoms with van der Waals surface area (Å²) >= 11 is 0. The van der Waals surface area contributed by atoms with E-state index in [1.165, 1.54) is 17.0 Å². The number of aromatic nitrogens is 4. The van der Waals surface area contributed by atoms with E-state index in [0.717, 1.165) is 24.9 Å². The first-order chi connectivity index (χ1) is 14.1. The number of anilines is 1. The highest BCUT2D eigenvalue weighted by Crippen LogP contribution is 2.24. The molecule has 29 heavy (non-hydrogen) atoms. The topological polar surface area (TPSA) is 81.0 Å². The maximum absolute atomic E-state index is 12.9. The van der Waals surface area contributed by atoms with E-state index in [4.69, 9.17) is 4.98 Å². The lowest BCUT2D eigenvalue weighted by Crippen LogP contribution is -2.42. The van der Waals surface area contributed by atoms with Gasteiger partial charge in [0.05, 0.1) is 11.4 Å². The highest BCUT2D eigenvalue weighted by molar-refractivity contribution is 5.84. The zero-order chi connectivity index (χ0) is 20.2. The van der Waals surface area contributed by atoms with Crippen molar-refractivity contribution in [2.45, 2.75) is 19.3 Å². The molecule has 0 saturated carbocycles. The Morgan fingerprint density at radius 1 is 1.17 bits per heavy atom. The lowest BCUT2D eigenvalue weighted by atomic mass is 9.90. The van der Waals surface area contributed by atoms with Gasteiger partial charge < -0.3 is 4.90 Å². The summed E-state index contributed by atoms with van der Waals surface area (Å²) in [7, 11) is 1.71. The molecular weight excluding hydrogens is 366 g/mol. The highest BCUT2D eigenvalue weighted by atomic mass is 16.1. The summed E-state index contributed by atoms with van der Waals surface area (Å²) < 4.78 is 1.54. The fraction of sp³-hybridized carbons (Fsp3) is 0.318. The summed E-state index contributed by atoms with van der Waals surface area (Å²) in [5, 5.41) is 0. The van der Waals surface area contributed by atoms with E-state index in [-0.39, 0.29) is 17.3 Å². The van der Waals surface area contributed by atoms with Gasteiger partial charge in [0.15, 0.2) is 0 Å². The van der Waals surface area contributed by atoms with Gasteiger partial charge in [-0.1, -0.05) is 30.3 Å². The van der Waals surface area contributed by atoms with Crippen LogP contribution in [0.1, 0.15) is 18.4 Å². The summed E-state index contributed by atoms with van der Waals surface area (Å²) in [4.78, 5) is 40.2. The summed E-state index contributed by atoms with van der Waals surface area (Å²) in [6, 6.07) is 13.0. The van der Waals surface area contributed by atoms with E-state index in [2.05, 4.69) is 9.97 Å². The van der Waals surface area contributed by atoms with Crippen LogP contribution in [-0.2, 0) is 18.3 Å². The van der Waals surface area contributed by atoms with Gasteiger partial charge in [-0.25, -0.2) is 15.0 Å². The van der Waals surface area contributed by atoms with Crippen LogP contribution in [-0.4, -0.2) is 38.4 Å². The lowest BCUT2D eigenvalue weighted by Gasteiger charge is -2.33. The largest absolute Gasteiger partial charge is 0.341 e. The smallest absolute Gasteiger partial charge is 0.255 e. The number of hydrogen-bond donors (Lipinski definition) is 0. The second-order valence-electron chi connectivity index (χ2n) is 7.35. The molecule has 0 aliphatic carbocycles. The lowest BCUT2D eigenvalue weighted by molar-refractivity contribution is -0.122. The van der Waals surface area contributed by atoms with Crippen LogP contribution in [0.25, 0.3) is 11.4 Å².